The van der Waals surface area contributed by atoms with Gasteiger partial charge < -0.3 is 15.0 Å². The van der Waals surface area contributed by atoms with E-state index >= 15 is 0 Å². The number of thiophene rings is 1. The third kappa shape index (κ3) is 4.61. The fourth-order valence-corrected chi connectivity index (χ4v) is 5.09. The number of esters is 1. The third-order valence-electron chi connectivity index (χ3n) is 4.79. The number of thiazole rings is 1. The Labute approximate surface area is 191 Å². The molecule has 0 saturated heterocycles. The lowest BCUT2D eigenvalue weighted by Crippen LogP contribution is -2.15. The van der Waals surface area contributed by atoms with Crippen LogP contribution in [-0.4, -0.2) is 26.8 Å². The molecular formula is C22H20N4O4S2. The highest BCUT2D eigenvalue weighted by atomic mass is 32.1. The highest BCUT2D eigenvalue weighted by molar-refractivity contribution is 7.20. The van der Waals surface area contributed by atoms with Crippen LogP contribution in [0.3, 0.4) is 0 Å². The molecule has 3 heterocycles. The van der Waals surface area contributed by atoms with E-state index in [0.717, 1.165) is 22.6 Å². The molecule has 0 atom stereocenters. The zero-order valence-corrected chi connectivity index (χ0v) is 19.3. The zero-order valence-electron chi connectivity index (χ0n) is 17.6. The molecule has 0 aliphatic heterocycles. The Kier molecular flexibility index (Phi) is 6.15. The maximum atomic E-state index is 12.6. The van der Waals surface area contributed by atoms with Crippen LogP contribution in [0.1, 0.15) is 37.3 Å². The number of rotatable bonds is 6. The van der Waals surface area contributed by atoms with Crippen LogP contribution in [0.2, 0.25) is 0 Å². The summed E-state index contributed by atoms with van der Waals surface area (Å²) in [6.45, 7) is 5.30. The van der Waals surface area contributed by atoms with Crippen molar-refractivity contribution >= 4 is 50.5 Å². The first-order valence-corrected chi connectivity index (χ1v) is 11.5. The molecule has 0 unspecified atom stereocenters. The number of anilines is 1. The Morgan fingerprint density at radius 1 is 1.16 bits per heavy atom. The number of nitrogens with one attached hydrogen (secondary N) is 2. The van der Waals surface area contributed by atoms with Gasteiger partial charge in [-0.1, -0.05) is 18.2 Å². The van der Waals surface area contributed by atoms with Crippen molar-refractivity contribution in [3.8, 4) is 0 Å². The minimum atomic E-state index is -0.533. The van der Waals surface area contributed by atoms with Gasteiger partial charge in [0, 0.05) is 11.1 Å². The summed E-state index contributed by atoms with van der Waals surface area (Å²) in [6.07, 6.45) is 0.135. The number of fused-ring (bicyclic) bond motifs is 1. The molecule has 0 saturated carbocycles. The number of benzene rings is 1. The predicted molar refractivity (Wildman–Crippen MR) is 124 cm³/mol. The molecule has 2 N–H and O–H groups in total. The molecule has 0 radical (unpaired) electrons. The van der Waals surface area contributed by atoms with E-state index in [1.807, 2.05) is 31.2 Å². The van der Waals surface area contributed by atoms with Crippen molar-refractivity contribution in [3.05, 3.63) is 72.5 Å². The van der Waals surface area contributed by atoms with Gasteiger partial charge in [0.25, 0.3) is 5.56 Å². The van der Waals surface area contributed by atoms with Gasteiger partial charge in [-0.15, -0.1) is 22.7 Å². The molecule has 32 heavy (non-hydrogen) atoms. The van der Waals surface area contributed by atoms with E-state index in [4.69, 9.17) is 4.74 Å². The number of amides is 1. The molecule has 0 fully saturated rings. The van der Waals surface area contributed by atoms with E-state index in [1.165, 1.54) is 11.3 Å². The number of aryl methyl sites for hydroxylation is 3. The van der Waals surface area contributed by atoms with Crippen LogP contribution < -0.4 is 10.9 Å². The van der Waals surface area contributed by atoms with Gasteiger partial charge in [0.05, 0.1) is 17.5 Å². The quantitative estimate of drug-likeness (QED) is 0.415. The van der Waals surface area contributed by atoms with Crippen LogP contribution in [0.5, 0.6) is 0 Å². The Hall–Kier alpha value is -3.37. The van der Waals surface area contributed by atoms with E-state index in [9.17, 15) is 14.4 Å². The number of carbonyl (C=O) groups excluding carboxylic acids is 2. The van der Waals surface area contributed by atoms with E-state index in [1.54, 1.807) is 19.2 Å². The average molecular weight is 469 g/mol. The van der Waals surface area contributed by atoms with Gasteiger partial charge in [-0.25, -0.2) is 14.8 Å². The molecule has 3 aromatic heterocycles. The molecule has 1 amide bonds. The molecular weight excluding hydrogens is 448 g/mol. The van der Waals surface area contributed by atoms with Gasteiger partial charge in [-0.2, -0.15) is 0 Å². The number of hydrogen-bond acceptors (Lipinski definition) is 8. The van der Waals surface area contributed by atoms with Crippen molar-refractivity contribution in [1.29, 1.82) is 0 Å². The van der Waals surface area contributed by atoms with Crippen molar-refractivity contribution in [2.24, 2.45) is 0 Å². The summed E-state index contributed by atoms with van der Waals surface area (Å²) < 4.78 is 5.40. The summed E-state index contributed by atoms with van der Waals surface area (Å²) in [5.41, 5.74) is 2.60. The first-order chi connectivity index (χ1) is 15.3. The van der Waals surface area contributed by atoms with Crippen molar-refractivity contribution in [2.75, 3.05) is 5.32 Å². The van der Waals surface area contributed by atoms with E-state index < -0.39 is 5.97 Å². The SMILES string of the molecule is Cc1nc2sc(C(=O)OCc3csc(CC(=O)Nc4ccccc4C)n3)c(C)c2c(=O)[nH]1. The summed E-state index contributed by atoms with van der Waals surface area (Å²) in [6, 6.07) is 7.55. The first kappa shape index (κ1) is 21.8. The van der Waals surface area contributed by atoms with E-state index in [-0.39, 0.29) is 24.5 Å². The molecule has 10 heteroatoms. The van der Waals surface area contributed by atoms with Gasteiger partial charge >= 0.3 is 5.97 Å². The normalized spacial score (nSPS) is 11.0. The van der Waals surface area contributed by atoms with Crippen LogP contribution in [0.25, 0.3) is 10.2 Å². The maximum Gasteiger partial charge on any atom is 0.349 e. The number of carbonyl (C=O) groups is 2. The minimum Gasteiger partial charge on any atom is -0.455 e. The summed E-state index contributed by atoms with van der Waals surface area (Å²) in [5.74, 6) is -0.203. The molecule has 0 aliphatic rings. The Bertz CT molecular complexity index is 1390. The molecule has 1 aromatic carbocycles. The Balaban J connectivity index is 1.38. The fraction of sp³-hybridized carbons (Fsp3) is 0.227. The topological polar surface area (TPSA) is 114 Å². The van der Waals surface area contributed by atoms with Crippen molar-refractivity contribution < 1.29 is 14.3 Å². The second-order valence-electron chi connectivity index (χ2n) is 7.24. The third-order valence-corrected chi connectivity index (χ3v) is 6.85. The molecule has 0 spiro atoms. The highest BCUT2D eigenvalue weighted by Gasteiger charge is 2.20. The summed E-state index contributed by atoms with van der Waals surface area (Å²) in [5, 5.41) is 5.67. The summed E-state index contributed by atoms with van der Waals surface area (Å²) in [4.78, 5) is 49.2. The minimum absolute atomic E-state index is 0.0226. The number of hydrogen-bond donors (Lipinski definition) is 2. The summed E-state index contributed by atoms with van der Waals surface area (Å²) >= 11 is 2.47. The first-order valence-electron chi connectivity index (χ1n) is 9.77. The molecule has 164 valence electrons. The second-order valence-corrected chi connectivity index (χ2v) is 9.18. The van der Waals surface area contributed by atoms with Crippen molar-refractivity contribution in [2.45, 2.75) is 33.8 Å². The van der Waals surface area contributed by atoms with Crippen molar-refractivity contribution in [3.63, 3.8) is 0 Å². The highest BCUT2D eigenvalue weighted by Crippen LogP contribution is 2.28. The predicted octanol–water partition coefficient (Wildman–Crippen LogP) is 3.90. The van der Waals surface area contributed by atoms with Crippen molar-refractivity contribution in [1.82, 2.24) is 15.0 Å². The van der Waals surface area contributed by atoms with Gasteiger partial charge in [0.1, 0.15) is 27.1 Å². The second kappa shape index (κ2) is 9.01. The smallest absolute Gasteiger partial charge is 0.349 e. The number of nitrogens with zero attached hydrogens (tertiary/aromatic N) is 2. The zero-order chi connectivity index (χ0) is 22.8. The Morgan fingerprint density at radius 2 is 1.94 bits per heavy atom. The largest absolute Gasteiger partial charge is 0.455 e. The lowest BCUT2D eigenvalue weighted by Gasteiger charge is -2.06. The Morgan fingerprint density at radius 3 is 2.72 bits per heavy atom. The molecule has 4 rings (SSSR count). The number of para-hydroxylation sites is 1. The van der Waals surface area contributed by atoms with Gasteiger partial charge in [0.15, 0.2) is 0 Å². The van der Waals surface area contributed by atoms with Crippen LogP contribution >= 0.6 is 22.7 Å². The van der Waals surface area contributed by atoms with Crippen LogP contribution in [0, 0.1) is 20.8 Å². The standard InChI is InChI=1S/C22H20N4O4S2/c1-11-6-4-5-7-15(11)26-16(27)8-17-25-14(10-31-17)9-30-22(29)19-12(2)18-20(28)23-13(3)24-21(18)32-19/h4-7,10H,8-9H2,1-3H3,(H,26,27)(H,23,24,28). The molecule has 0 aliphatic carbocycles. The maximum absolute atomic E-state index is 12.6. The number of aromatic amines is 1. The number of aromatic nitrogens is 3. The van der Waals surface area contributed by atoms with Crippen LogP contribution in [0.4, 0.5) is 5.69 Å². The van der Waals surface area contributed by atoms with Crippen LogP contribution in [0.15, 0.2) is 34.4 Å². The monoisotopic (exact) mass is 468 g/mol. The lowest BCUT2D eigenvalue weighted by atomic mass is 10.2. The van der Waals surface area contributed by atoms with E-state index in [0.29, 0.717) is 37.2 Å². The molecule has 0 bridgehead atoms. The van der Waals surface area contributed by atoms with Gasteiger partial charge in [-0.3, -0.25) is 9.59 Å². The lowest BCUT2D eigenvalue weighted by molar-refractivity contribution is -0.115. The average Bonchev–Trinajstić information content (AvgIpc) is 3.32. The fourth-order valence-electron chi connectivity index (χ4n) is 3.19. The summed E-state index contributed by atoms with van der Waals surface area (Å²) in [7, 11) is 0. The molecule has 4 aromatic rings. The molecule has 8 nitrogen and oxygen atoms in total. The number of ether oxygens (including phenoxy) is 1. The van der Waals surface area contributed by atoms with E-state index in [2.05, 4.69) is 20.3 Å². The van der Waals surface area contributed by atoms with Gasteiger partial charge in [0.2, 0.25) is 5.91 Å². The van der Waals surface area contributed by atoms with Crippen LogP contribution in [-0.2, 0) is 22.6 Å². The van der Waals surface area contributed by atoms with Gasteiger partial charge in [-0.05, 0) is 38.0 Å². The number of H-pyrrole nitrogens is 1.